The van der Waals surface area contributed by atoms with E-state index in [0.717, 1.165) is 10.2 Å². The number of hydrogen-bond donors (Lipinski definition) is 0. The van der Waals surface area contributed by atoms with Gasteiger partial charge in [-0.15, -0.1) is 5.10 Å². The lowest BCUT2D eigenvalue weighted by molar-refractivity contribution is -0.130. The molecule has 1 aliphatic heterocycles. The standard InChI is InChI=1S/C30H28N6O3/c1-22(37)34-18-16-24(17-19-34)35(21-23-10-4-2-5-11-23)30(38)36-27(20-31)29(32-33-36)26-14-8-9-15-28(26)39-25-12-6-3-7-13-25/h2-15,24H,16-19,21H2,1H3. The van der Waals surface area contributed by atoms with Crippen LogP contribution in [0.15, 0.2) is 84.9 Å². The number of likely N-dealkylation sites (tertiary alicyclic amines) is 1. The molecule has 0 atom stereocenters. The summed E-state index contributed by atoms with van der Waals surface area (Å²) in [5.74, 6) is 1.16. The summed E-state index contributed by atoms with van der Waals surface area (Å²) in [4.78, 5) is 29.4. The molecule has 0 N–H and O–H groups in total. The quantitative estimate of drug-likeness (QED) is 0.351. The van der Waals surface area contributed by atoms with Crippen molar-refractivity contribution in [3.05, 3.63) is 96.2 Å². The summed E-state index contributed by atoms with van der Waals surface area (Å²) in [7, 11) is 0. The van der Waals surface area contributed by atoms with Crippen LogP contribution in [0.2, 0.25) is 0 Å². The molecule has 5 rings (SSSR count). The molecule has 39 heavy (non-hydrogen) atoms. The van der Waals surface area contributed by atoms with E-state index in [1.54, 1.807) is 28.9 Å². The lowest BCUT2D eigenvalue weighted by Crippen LogP contribution is -2.49. The normalized spacial score (nSPS) is 13.5. The van der Waals surface area contributed by atoms with Gasteiger partial charge < -0.3 is 14.5 Å². The molecule has 9 heteroatoms. The first-order valence-electron chi connectivity index (χ1n) is 12.8. The van der Waals surface area contributed by atoms with Gasteiger partial charge in [0.15, 0.2) is 5.69 Å². The Labute approximate surface area is 226 Å². The van der Waals surface area contributed by atoms with E-state index in [1.165, 1.54) is 0 Å². The van der Waals surface area contributed by atoms with Gasteiger partial charge in [-0.2, -0.15) is 9.94 Å². The number of amides is 2. The molecule has 1 saturated heterocycles. The maximum Gasteiger partial charge on any atom is 0.347 e. The Kier molecular flexibility index (Phi) is 7.64. The minimum atomic E-state index is -0.433. The van der Waals surface area contributed by atoms with Gasteiger partial charge in [0, 0.05) is 38.2 Å². The number of carbonyl (C=O) groups is 2. The molecule has 1 fully saturated rings. The summed E-state index contributed by atoms with van der Waals surface area (Å²) in [6.07, 6.45) is 1.27. The van der Waals surface area contributed by atoms with Crippen LogP contribution in [0.1, 0.15) is 31.0 Å². The van der Waals surface area contributed by atoms with Crippen molar-refractivity contribution in [2.45, 2.75) is 32.4 Å². The highest BCUT2D eigenvalue weighted by Crippen LogP contribution is 2.34. The second-order valence-electron chi connectivity index (χ2n) is 9.35. The molecule has 3 aromatic carbocycles. The number of piperidine rings is 1. The summed E-state index contributed by atoms with van der Waals surface area (Å²) in [6, 6.07) is 27.8. The van der Waals surface area contributed by atoms with Gasteiger partial charge in [0.05, 0.1) is 0 Å². The number of ether oxygens (including phenoxy) is 1. The predicted octanol–water partition coefficient (Wildman–Crippen LogP) is 5.09. The van der Waals surface area contributed by atoms with Crippen LogP contribution < -0.4 is 4.74 Å². The zero-order valence-electron chi connectivity index (χ0n) is 21.6. The highest BCUT2D eigenvalue weighted by molar-refractivity contribution is 5.81. The SMILES string of the molecule is CC(=O)N1CCC(N(Cc2ccccc2)C(=O)n2nnc(-c3ccccc3Oc3ccccc3)c2C#N)CC1. The number of rotatable bonds is 6. The van der Waals surface area contributed by atoms with Crippen molar-refractivity contribution >= 4 is 11.9 Å². The zero-order valence-corrected chi connectivity index (χ0v) is 21.6. The van der Waals surface area contributed by atoms with E-state index in [4.69, 9.17) is 4.74 Å². The van der Waals surface area contributed by atoms with Crippen LogP contribution in [0.3, 0.4) is 0 Å². The van der Waals surface area contributed by atoms with Crippen molar-refractivity contribution in [3.8, 4) is 28.8 Å². The summed E-state index contributed by atoms with van der Waals surface area (Å²) < 4.78 is 7.15. The van der Waals surface area contributed by atoms with Crippen LogP contribution in [0.4, 0.5) is 4.79 Å². The number of nitrogens with zero attached hydrogens (tertiary/aromatic N) is 6. The van der Waals surface area contributed by atoms with Crippen molar-refractivity contribution < 1.29 is 14.3 Å². The van der Waals surface area contributed by atoms with E-state index in [9.17, 15) is 14.9 Å². The summed E-state index contributed by atoms with van der Waals surface area (Å²) in [5.41, 5.74) is 1.81. The van der Waals surface area contributed by atoms with E-state index in [2.05, 4.69) is 16.4 Å². The third-order valence-electron chi connectivity index (χ3n) is 6.86. The zero-order chi connectivity index (χ0) is 27.2. The Morgan fingerprint density at radius 3 is 2.28 bits per heavy atom. The molecule has 196 valence electrons. The Hall–Kier alpha value is -4.97. The third-order valence-corrected chi connectivity index (χ3v) is 6.86. The minimum absolute atomic E-state index is 0.0263. The second-order valence-corrected chi connectivity index (χ2v) is 9.35. The van der Waals surface area contributed by atoms with E-state index < -0.39 is 6.03 Å². The molecule has 2 heterocycles. The molecule has 0 saturated carbocycles. The van der Waals surface area contributed by atoms with Gasteiger partial charge in [-0.25, -0.2) is 4.79 Å². The second kappa shape index (κ2) is 11.6. The monoisotopic (exact) mass is 520 g/mol. The lowest BCUT2D eigenvalue weighted by atomic mass is 10.0. The fourth-order valence-corrected chi connectivity index (χ4v) is 4.81. The molecular formula is C30H28N6O3. The maximum absolute atomic E-state index is 14.0. The van der Waals surface area contributed by atoms with Crippen LogP contribution in [-0.4, -0.2) is 55.9 Å². The largest absolute Gasteiger partial charge is 0.457 e. The molecule has 1 aliphatic rings. The Balaban J connectivity index is 1.48. The number of benzene rings is 3. The average Bonchev–Trinajstić information content (AvgIpc) is 3.41. The molecule has 0 aliphatic carbocycles. The number of para-hydroxylation sites is 2. The first kappa shape index (κ1) is 25.7. The number of aromatic nitrogens is 3. The molecule has 1 aromatic heterocycles. The van der Waals surface area contributed by atoms with E-state index in [0.29, 0.717) is 49.5 Å². The van der Waals surface area contributed by atoms with Crippen molar-refractivity contribution in [2.75, 3.05) is 13.1 Å². The fraction of sp³-hybridized carbons (Fsp3) is 0.233. The van der Waals surface area contributed by atoms with Gasteiger partial charge in [-0.1, -0.05) is 65.9 Å². The molecule has 0 unspecified atom stereocenters. The Morgan fingerprint density at radius 1 is 0.974 bits per heavy atom. The average molecular weight is 521 g/mol. The molecule has 4 aromatic rings. The highest BCUT2D eigenvalue weighted by atomic mass is 16.5. The van der Waals surface area contributed by atoms with Gasteiger partial charge in [-0.05, 0) is 42.7 Å². The lowest BCUT2D eigenvalue weighted by Gasteiger charge is -2.38. The van der Waals surface area contributed by atoms with E-state index in [-0.39, 0.29) is 23.3 Å². The molecule has 9 nitrogen and oxygen atoms in total. The Bertz CT molecular complexity index is 1490. The first-order chi connectivity index (χ1) is 19.0. The van der Waals surface area contributed by atoms with Gasteiger partial charge in [-0.3, -0.25) is 4.79 Å². The number of nitriles is 1. The summed E-state index contributed by atoms with van der Waals surface area (Å²) in [5, 5.41) is 18.6. The van der Waals surface area contributed by atoms with Gasteiger partial charge >= 0.3 is 6.03 Å². The van der Waals surface area contributed by atoms with Crippen molar-refractivity contribution in [1.82, 2.24) is 24.8 Å². The fourth-order valence-electron chi connectivity index (χ4n) is 4.81. The topological polar surface area (TPSA) is 104 Å². The van der Waals surface area contributed by atoms with Gasteiger partial charge in [0.25, 0.3) is 0 Å². The summed E-state index contributed by atoms with van der Waals surface area (Å²) >= 11 is 0. The minimum Gasteiger partial charge on any atom is -0.457 e. The van der Waals surface area contributed by atoms with E-state index >= 15 is 0 Å². The number of carbonyl (C=O) groups excluding carboxylic acids is 2. The first-order valence-corrected chi connectivity index (χ1v) is 12.8. The van der Waals surface area contributed by atoms with Gasteiger partial charge in [0.1, 0.15) is 23.3 Å². The smallest absolute Gasteiger partial charge is 0.347 e. The molecule has 2 amide bonds. The summed E-state index contributed by atoms with van der Waals surface area (Å²) in [6.45, 7) is 3.04. The van der Waals surface area contributed by atoms with Crippen molar-refractivity contribution in [3.63, 3.8) is 0 Å². The van der Waals surface area contributed by atoms with Gasteiger partial charge in [0.2, 0.25) is 5.91 Å². The molecular weight excluding hydrogens is 492 g/mol. The Morgan fingerprint density at radius 2 is 1.62 bits per heavy atom. The van der Waals surface area contributed by atoms with Crippen LogP contribution in [0, 0.1) is 11.3 Å². The molecule has 0 bridgehead atoms. The van der Waals surface area contributed by atoms with Crippen LogP contribution in [-0.2, 0) is 11.3 Å². The van der Waals surface area contributed by atoms with Crippen molar-refractivity contribution in [2.24, 2.45) is 0 Å². The van der Waals surface area contributed by atoms with E-state index in [1.807, 2.05) is 72.8 Å². The predicted molar refractivity (Wildman–Crippen MR) is 145 cm³/mol. The van der Waals surface area contributed by atoms with Crippen molar-refractivity contribution in [1.29, 1.82) is 5.26 Å². The van der Waals surface area contributed by atoms with Crippen LogP contribution >= 0.6 is 0 Å². The maximum atomic E-state index is 14.0. The van der Waals surface area contributed by atoms with Crippen LogP contribution in [0.5, 0.6) is 11.5 Å². The molecule has 0 radical (unpaired) electrons. The highest BCUT2D eigenvalue weighted by Gasteiger charge is 2.32. The third kappa shape index (κ3) is 5.65. The number of hydrogen-bond acceptors (Lipinski definition) is 6. The molecule has 0 spiro atoms. The van der Waals surface area contributed by atoms with Crippen LogP contribution in [0.25, 0.3) is 11.3 Å².